The van der Waals surface area contributed by atoms with Crippen molar-refractivity contribution in [1.82, 2.24) is 10.3 Å². The molecule has 2 unspecified atom stereocenters. The van der Waals surface area contributed by atoms with E-state index in [2.05, 4.69) is 24.1 Å². The Morgan fingerprint density at radius 3 is 2.89 bits per heavy atom. The lowest BCUT2D eigenvalue weighted by Gasteiger charge is -2.22. The summed E-state index contributed by atoms with van der Waals surface area (Å²) in [5, 5.41) is 3.55. The molecule has 0 saturated carbocycles. The number of anilines is 1. The number of pyridine rings is 1. The predicted octanol–water partition coefficient (Wildman–Crippen LogP) is 2.00. The first-order valence-corrected chi connectivity index (χ1v) is 6.62. The Kier molecular flexibility index (Phi) is 6.68. The Morgan fingerprint density at radius 1 is 1.50 bits per heavy atom. The van der Waals surface area contributed by atoms with Gasteiger partial charge in [-0.1, -0.05) is 13.0 Å². The lowest BCUT2D eigenvalue weighted by Crippen LogP contribution is -2.35. The Hall–Kier alpha value is -1.13. The summed E-state index contributed by atoms with van der Waals surface area (Å²) in [4.78, 5) is 4.13. The van der Waals surface area contributed by atoms with Crippen molar-refractivity contribution in [2.24, 2.45) is 0 Å². The van der Waals surface area contributed by atoms with E-state index in [0.29, 0.717) is 11.9 Å². The van der Waals surface area contributed by atoms with Gasteiger partial charge in [-0.3, -0.25) is 0 Å². The smallest absolute Gasteiger partial charge is 0.126 e. The Balaban J connectivity index is 2.62. The van der Waals surface area contributed by atoms with E-state index in [9.17, 15) is 0 Å². The maximum absolute atomic E-state index is 5.89. The molecule has 0 fully saturated rings. The van der Waals surface area contributed by atoms with Crippen molar-refractivity contribution in [2.75, 3.05) is 19.4 Å². The average molecular weight is 251 g/mol. The average Bonchev–Trinajstić information content (AvgIpc) is 2.38. The number of aromatic nitrogens is 1. The van der Waals surface area contributed by atoms with Crippen LogP contribution < -0.4 is 11.1 Å². The third-order valence-corrected chi connectivity index (χ3v) is 3.09. The van der Waals surface area contributed by atoms with Gasteiger partial charge in [-0.05, 0) is 44.4 Å². The zero-order chi connectivity index (χ0) is 13.4. The van der Waals surface area contributed by atoms with E-state index < -0.39 is 0 Å². The topological polar surface area (TPSA) is 60.2 Å². The summed E-state index contributed by atoms with van der Waals surface area (Å²) in [6, 6.07) is 4.36. The Morgan fingerprint density at radius 2 is 2.28 bits per heavy atom. The van der Waals surface area contributed by atoms with Gasteiger partial charge in [-0.25, -0.2) is 4.98 Å². The summed E-state index contributed by atoms with van der Waals surface area (Å²) < 4.78 is 5.34. The molecule has 0 spiro atoms. The lowest BCUT2D eigenvalue weighted by atomic mass is 10.0. The summed E-state index contributed by atoms with van der Waals surface area (Å²) in [7, 11) is 1.75. The van der Waals surface area contributed by atoms with Crippen molar-refractivity contribution in [3.8, 4) is 0 Å². The van der Waals surface area contributed by atoms with Gasteiger partial charge in [0.2, 0.25) is 0 Å². The first-order valence-electron chi connectivity index (χ1n) is 6.62. The van der Waals surface area contributed by atoms with Gasteiger partial charge < -0.3 is 15.8 Å². The second kappa shape index (κ2) is 8.06. The summed E-state index contributed by atoms with van der Waals surface area (Å²) in [5.74, 6) is 0.630. The maximum atomic E-state index is 5.89. The molecule has 1 aromatic rings. The molecule has 4 heteroatoms. The molecular weight excluding hydrogens is 226 g/mol. The van der Waals surface area contributed by atoms with Gasteiger partial charge in [-0.15, -0.1) is 0 Å². The second-order valence-electron chi connectivity index (χ2n) is 4.68. The maximum Gasteiger partial charge on any atom is 0.126 e. The highest BCUT2D eigenvalue weighted by Crippen LogP contribution is 2.13. The van der Waals surface area contributed by atoms with Crippen LogP contribution in [0, 0.1) is 0 Å². The molecule has 0 aliphatic heterocycles. The van der Waals surface area contributed by atoms with Crippen LogP contribution in [0.3, 0.4) is 0 Å². The third-order valence-electron chi connectivity index (χ3n) is 3.09. The van der Waals surface area contributed by atoms with Crippen molar-refractivity contribution in [1.29, 1.82) is 0 Å². The van der Waals surface area contributed by atoms with Crippen molar-refractivity contribution < 1.29 is 4.74 Å². The van der Waals surface area contributed by atoms with Crippen LogP contribution in [0.25, 0.3) is 0 Å². The molecule has 2 atom stereocenters. The minimum atomic E-state index is 0.247. The highest BCUT2D eigenvalue weighted by atomic mass is 16.5. The minimum Gasteiger partial charge on any atom is -0.383 e. The molecule has 0 amide bonds. The van der Waals surface area contributed by atoms with Gasteiger partial charge in [0.05, 0.1) is 6.10 Å². The number of nitrogen functional groups attached to an aromatic ring is 1. The zero-order valence-corrected chi connectivity index (χ0v) is 11.6. The normalized spacial score (nSPS) is 14.4. The standard InChI is InChI=1S/C14H25N3O/c1-4-7-16-13(9-11(2)18-3)10-12-6-5-8-17-14(12)15/h5-6,8,11,13,16H,4,7,9-10H2,1-3H3,(H2,15,17). The van der Waals surface area contributed by atoms with Crippen LogP contribution in [-0.4, -0.2) is 30.8 Å². The number of nitrogens with one attached hydrogen (secondary N) is 1. The van der Waals surface area contributed by atoms with Gasteiger partial charge in [0, 0.05) is 19.3 Å². The number of hydrogen-bond acceptors (Lipinski definition) is 4. The van der Waals surface area contributed by atoms with Crippen molar-refractivity contribution in [3.63, 3.8) is 0 Å². The molecular formula is C14H25N3O. The van der Waals surface area contributed by atoms with Crippen molar-refractivity contribution >= 4 is 5.82 Å². The molecule has 3 N–H and O–H groups in total. The molecule has 1 rings (SSSR count). The van der Waals surface area contributed by atoms with E-state index in [0.717, 1.165) is 31.4 Å². The van der Waals surface area contributed by atoms with E-state index in [1.165, 1.54) is 0 Å². The molecule has 102 valence electrons. The largest absolute Gasteiger partial charge is 0.383 e. The first-order chi connectivity index (χ1) is 8.67. The zero-order valence-electron chi connectivity index (χ0n) is 11.6. The number of nitrogens with zero attached hydrogens (tertiary/aromatic N) is 1. The third kappa shape index (κ3) is 5.02. The first kappa shape index (κ1) is 14.9. The minimum absolute atomic E-state index is 0.247. The fourth-order valence-electron chi connectivity index (χ4n) is 1.97. The van der Waals surface area contributed by atoms with Gasteiger partial charge >= 0.3 is 0 Å². The number of nitrogens with two attached hydrogens (primary N) is 1. The van der Waals surface area contributed by atoms with Crippen LogP contribution in [0.5, 0.6) is 0 Å². The van der Waals surface area contributed by atoms with E-state index >= 15 is 0 Å². The van der Waals surface area contributed by atoms with Gasteiger partial charge in [0.1, 0.15) is 5.82 Å². The molecule has 0 aliphatic rings. The molecule has 0 aromatic carbocycles. The predicted molar refractivity (Wildman–Crippen MR) is 75.5 cm³/mol. The van der Waals surface area contributed by atoms with E-state index in [4.69, 9.17) is 10.5 Å². The van der Waals surface area contributed by atoms with Crippen LogP contribution >= 0.6 is 0 Å². The Labute approximate surface area is 110 Å². The molecule has 18 heavy (non-hydrogen) atoms. The second-order valence-corrected chi connectivity index (χ2v) is 4.68. The summed E-state index contributed by atoms with van der Waals surface area (Å²) in [6.07, 6.45) is 4.97. The van der Waals surface area contributed by atoms with Gasteiger partial charge in [0.15, 0.2) is 0 Å². The van der Waals surface area contributed by atoms with Crippen molar-refractivity contribution in [3.05, 3.63) is 23.9 Å². The molecule has 0 bridgehead atoms. The van der Waals surface area contributed by atoms with Crippen LogP contribution in [0.4, 0.5) is 5.82 Å². The summed E-state index contributed by atoms with van der Waals surface area (Å²) in [5.41, 5.74) is 7.00. The summed E-state index contributed by atoms with van der Waals surface area (Å²) in [6.45, 7) is 5.27. The fourth-order valence-corrected chi connectivity index (χ4v) is 1.97. The number of ether oxygens (including phenoxy) is 1. The van der Waals surface area contributed by atoms with Crippen molar-refractivity contribution in [2.45, 2.75) is 45.3 Å². The highest BCUT2D eigenvalue weighted by molar-refractivity contribution is 5.38. The van der Waals surface area contributed by atoms with Crippen LogP contribution in [0.1, 0.15) is 32.3 Å². The molecule has 0 saturated heterocycles. The van der Waals surface area contributed by atoms with Crippen LogP contribution in [0.2, 0.25) is 0 Å². The number of methoxy groups -OCH3 is 1. The van der Waals surface area contributed by atoms with Crippen LogP contribution in [-0.2, 0) is 11.2 Å². The fraction of sp³-hybridized carbons (Fsp3) is 0.643. The molecule has 1 heterocycles. The van der Waals surface area contributed by atoms with Crippen LogP contribution in [0.15, 0.2) is 18.3 Å². The number of rotatable bonds is 8. The summed E-state index contributed by atoms with van der Waals surface area (Å²) >= 11 is 0. The van der Waals surface area contributed by atoms with E-state index in [1.54, 1.807) is 13.3 Å². The monoisotopic (exact) mass is 251 g/mol. The quantitative estimate of drug-likeness (QED) is 0.742. The van der Waals surface area contributed by atoms with Gasteiger partial charge in [-0.2, -0.15) is 0 Å². The SMILES string of the molecule is CCCNC(Cc1cccnc1N)CC(C)OC. The van der Waals surface area contributed by atoms with E-state index in [-0.39, 0.29) is 6.10 Å². The van der Waals surface area contributed by atoms with E-state index in [1.807, 2.05) is 12.1 Å². The number of hydrogen-bond donors (Lipinski definition) is 2. The Bertz CT molecular complexity index is 344. The highest BCUT2D eigenvalue weighted by Gasteiger charge is 2.14. The van der Waals surface area contributed by atoms with Gasteiger partial charge in [0.25, 0.3) is 0 Å². The molecule has 0 aliphatic carbocycles. The lowest BCUT2D eigenvalue weighted by molar-refractivity contribution is 0.100. The molecule has 0 radical (unpaired) electrons. The molecule has 4 nitrogen and oxygen atoms in total. The molecule has 1 aromatic heterocycles.